The molecule has 1 heterocycles. The lowest BCUT2D eigenvalue weighted by Crippen LogP contribution is -2.67. The van der Waals surface area contributed by atoms with Crippen molar-refractivity contribution >= 4 is 8.07 Å². The van der Waals surface area contributed by atoms with Crippen molar-refractivity contribution in [3.05, 3.63) is 0 Å². The van der Waals surface area contributed by atoms with Crippen molar-refractivity contribution in [1.82, 2.24) is 10.2 Å². The molecule has 1 aliphatic rings. The zero-order valence-electron chi connectivity index (χ0n) is 12.9. The van der Waals surface area contributed by atoms with Crippen LogP contribution in [-0.2, 0) is 0 Å². The molecule has 1 aliphatic heterocycles. The van der Waals surface area contributed by atoms with Gasteiger partial charge in [-0.3, -0.25) is 4.90 Å². The van der Waals surface area contributed by atoms with Crippen LogP contribution >= 0.6 is 0 Å². The predicted molar refractivity (Wildman–Crippen MR) is 80.0 cm³/mol. The second-order valence-electron chi connectivity index (χ2n) is 7.21. The Morgan fingerprint density at radius 2 is 2.06 bits per heavy atom. The maximum atomic E-state index is 9.03. The zero-order valence-corrected chi connectivity index (χ0v) is 13.9. The molecule has 2 unspecified atom stereocenters. The van der Waals surface area contributed by atoms with Crippen LogP contribution in [-0.4, -0.2) is 38.4 Å². The molecular weight excluding hydrogens is 238 g/mol. The van der Waals surface area contributed by atoms with Gasteiger partial charge in [0.2, 0.25) is 0 Å². The highest BCUT2D eigenvalue weighted by Gasteiger charge is 2.45. The summed E-state index contributed by atoms with van der Waals surface area (Å²) in [6, 6.07) is 2.37. The first-order valence-corrected chi connectivity index (χ1v) is 10.1. The van der Waals surface area contributed by atoms with Crippen molar-refractivity contribution in [2.45, 2.75) is 58.0 Å². The van der Waals surface area contributed by atoms with Gasteiger partial charge in [0.05, 0.1) is 20.1 Å². The Bertz CT molecular complexity index is 314. The summed E-state index contributed by atoms with van der Waals surface area (Å²) in [5.41, 5.74) is 0. The van der Waals surface area contributed by atoms with Gasteiger partial charge in [-0.2, -0.15) is 5.26 Å². The molecule has 0 spiro atoms. The van der Waals surface area contributed by atoms with Crippen molar-refractivity contribution in [2.75, 3.05) is 19.6 Å². The van der Waals surface area contributed by atoms with E-state index in [1.54, 1.807) is 0 Å². The molecule has 1 rings (SSSR count). The lowest BCUT2D eigenvalue weighted by molar-refractivity contribution is 0.163. The molecule has 2 atom stereocenters. The molecule has 0 aromatic rings. The smallest absolute Gasteiger partial charge is 0.0901 e. The van der Waals surface area contributed by atoms with E-state index >= 15 is 0 Å². The van der Waals surface area contributed by atoms with Crippen molar-refractivity contribution in [3.63, 3.8) is 0 Å². The van der Waals surface area contributed by atoms with Crippen LogP contribution in [0.15, 0.2) is 0 Å². The van der Waals surface area contributed by atoms with Crippen LogP contribution in [0, 0.1) is 17.2 Å². The second-order valence-corrected chi connectivity index (χ2v) is 12.7. The standard InChI is InChI=1S/C14H29N3Si/c1-12(10-15)11-17-9-7-8-16-13(17)18(5,6)14(2,3)4/h12-13,16H,7-9,11H2,1-6H3. The summed E-state index contributed by atoms with van der Waals surface area (Å²) in [7, 11) is -1.44. The summed E-state index contributed by atoms with van der Waals surface area (Å²) >= 11 is 0. The van der Waals surface area contributed by atoms with Crippen LogP contribution in [0.2, 0.25) is 18.1 Å². The minimum atomic E-state index is -1.44. The Hall–Kier alpha value is -0.373. The molecule has 0 radical (unpaired) electrons. The van der Waals surface area contributed by atoms with Gasteiger partial charge in [0.25, 0.3) is 0 Å². The Kier molecular flexibility index (Phi) is 4.99. The third-order valence-corrected chi connectivity index (χ3v) is 10.5. The normalized spacial score (nSPS) is 24.6. The third-order valence-electron chi connectivity index (χ3n) is 4.67. The monoisotopic (exact) mass is 267 g/mol. The van der Waals surface area contributed by atoms with Gasteiger partial charge in [0, 0.05) is 18.9 Å². The van der Waals surface area contributed by atoms with E-state index in [4.69, 9.17) is 5.26 Å². The first-order chi connectivity index (χ1) is 8.20. The lowest BCUT2D eigenvalue weighted by atomic mass is 10.2. The first-order valence-electron chi connectivity index (χ1n) is 7.07. The average Bonchev–Trinajstić information content (AvgIpc) is 2.28. The lowest BCUT2D eigenvalue weighted by Gasteiger charge is -2.50. The van der Waals surface area contributed by atoms with Gasteiger partial charge in [-0.05, 0) is 24.9 Å². The molecule has 1 N–H and O–H groups in total. The van der Waals surface area contributed by atoms with Crippen LogP contribution in [0.1, 0.15) is 34.1 Å². The summed E-state index contributed by atoms with van der Waals surface area (Å²) in [5, 5.41) is 13.1. The third kappa shape index (κ3) is 3.34. The molecule has 18 heavy (non-hydrogen) atoms. The number of hydrogen-bond donors (Lipinski definition) is 1. The van der Waals surface area contributed by atoms with Gasteiger partial charge in [0.15, 0.2) is 0 Å². The fourth-order valence-electron chi connectivity index (χ4n) is 2.49. The van der Waals surface area contributed by atoms with Crippen LogP contribution in [0.4, 0.5) is 0 Å². The topological polar surface area (TPSA) is 39.1 Å². The van der Waals surface area contributed by atoms with Crippen LogP contribution in [0.25, 0.3) is 0 Å². The van der Waals surface area contributed by atoms with E-state index < -0.39 is 8.07 Å². The average molecular weight is 267 g/mol. The second kappa shape index (κ2) is 5.73. The van der Waals surface area contributed by atoms with Crippen molar-refractivity contribution in [3.8, 4) is 6.07 Å². The molecule has 0 amide bonds. The number of hydrogen-bond acceptors (Lipinski definition) is 3. The summed E-state index contributed by atoms with van der Waals surface area (Å²) in [6.07, 6.45) is 1.20. The Balaban J connectivity index is 2.86. The van der Waals surface area contributed by atoms with Crippen LogP contribution in [0.3, 0.4) is 0 Å². The highest BCUT2D eigenvalue weighted by molar-refractivity contribution is 6.81. The largest absolute Gasteiger partial charge is 0.304 e. The Morgan fingerprint density at radius 3 is 2.56 bits per heavy atom. The van der Waals surface area contributed by atoms with Crippen molar-refractivity contribution < 1.29 is 0 Å². The maximum Gasteiger partial charge on any atom is 0.0901 e. The van der Waals surface area contributed by atoms with Gasteiger partial charge < -0.3 is 5.32 Å². The molecule has 1 saturated heterocycles. The van der Waals surface area contributed by atoms with Gasteiger partial charge >= 0.3 is 0 Å². The SMILES string of the molecule is CC(C#N)CN1CCCNC1[Si](C)(C)C(C)(C)C. The van der Waals surface area contributed by atoms with E-state index in [0.717, 1.165) is 19.6 Å². The van der Waals surface area contributed by atoms with Gasteiger partial charge in [-0.15, -0.1) is 0 Å². The van der Waals surface area contributed by atoms with Gasteiger partial charge in [0.1, 0.15) is 0 Å². The molecule has 4 heteroatoms. The highest BCUT2D eigenvalue weighted by Crippen LogP contribution is 2.39. The van der Waals surface area contributed by atoms with Crippen molar-refractivity contribution in [2.24, 2.45) is 5.92 Å². The Morgan fingerprint density at radius 1 is 1.44 bits per heavy atom. The zero-order chi connectivity index (χ0) is 14.0. The van der Waals surface area contributed by atoms with E-state index in [9.17, 15) is 0 Å². The van der Waals surface area contributed by atoms with Crippen molar-refractivity contribution in [1.29, 1.82) is 5.26 Å². The van der Waals surface area contributed by atoms with E-state index in [2.05, 4.69) is 50.2 Å². The number of rotatable bonds is 3. The predicted octanol–water partition coefficient (Wildman–Crippen LogP) is 2.82. The Labute approximate surface area is 114 Å². The molecule has 0 aromatic heterocycles. The fourth-order valence-corrected chi connectivity index (χ4v) is 5.11. The quantitative estimate of drug-likeness (QED) is 0.799. The van der Waals surface area contributed by atoms with E-state index in [1.165, 1.54) is 6.42 Å². The van der Waals surface area contributed by atoms with E-state index in [-0.39, 0.29) is 5.92 Å². The molecule has 104 valence electrons. The number of nitriles is 1. The van der Waals surface area contributed by atoms with Gasteiger partial charge in [-0.25, -0.2) is 0 Å². The molecule has 0 aliphatic carbocycles. The summed E-state index contributed by atoms with van der Waals surface area (Å²) in [5.74, 6) is 0.624. The molecule has 0 aromatic carbocycles. The van der Waals surface area contributed by atoms with Gasteiger partial charge in [-0.1, -0.05) is 33.9 Å². The van der Waals surface area contributed by atoms with E-state index in [0.29, 0.717) is 10.8 Å². The molecule has 0 saturated carbocycles. The number of nitrogens with one attached hydrogen (secondary N) is 1. The van der Waals surface area contributed by atoms with Crippen LogP contribution in [0.5, 0.6) is 0 Å². The maximum absolute atomic E-state index is 9.03. The summed E-state index contributed by atoms with van der Waals surface area (Å²) < 4.78 is 0. The minimum absolute atomic E-state index is 0.122. The van der Waals surface area contributed by atoms with E-state index in [1.807, 2.05) is 6.92 Å². The highest BCUT2D eigenvalue weighted by atomic mass is 28.3. The fraction of sp³-hybridized carbons (Fsp3) is 0.929. The minimum Gasteiger partial charge on any atom is -0.304 e. The van der Waals surface area contributed by atoms with Crippen LogP contribution < -0.4 is 5.32 Å². The first kappa shape index (κ1) is 15.7. The number of nitrogens with zero attached hydrogens (tertiary/aromatic N) is 2. The molecule has 1 fully saturated rings. The summed E-state index contributed by atoms with van der Waals surface area (Å²) in [6.45, 7) is 17.2. The summed E-state index contributed by atoms with van der Waals surface area (Å²) in [4.78, 5) is 2.52. The molecular formula is C14H29N3Si. The molecule has 0 bridgehead atoms. The molecule has 3 nitrogen and oxygen atoms in total.